The maximum absolute atomic E-state index is 13.1. The van der Waals surface area contributed by atoms with Gasteiger partial charge in [-0.25, -0.2) is 9.07 Å². The minimum Gasteiger partial charge on any atom is -0.482 e. The third-order valence-corrected chi connectivity index (χ3v) is 4.33. The largest absolute Gasteiger partial charge is 0.482 e. The standard InChI is InChI=1S/C19H15F4N3O/c20-14-5-7-15(8-6-14)25-10-13-9-24-26(17(13)11-25)16-3-1-2-4-18(16)27-12-19(21,22)23/h1-9H,10-12H2. The van der Waals surface area contributed by atoms with E-state index in [1.54, 1.807) is 41.2 Å². The van der Waals surface area contributed by atoms with Crippen LogP contribution in [0.1, 0.15) is 11.3 Å². The molecule has 0 amide bonds. The van der Waals surface area contributed by atoms with Gasteiger partial charge in [-0.3, -0.25) is 0 Å². The molecule has 4 rings (SSSR count). The number of rotatable bonds is 4. The lowest BCUT2D eigenvalue weighted by atomic mass is 10.2. The summed E-state index contributed by atoms with van der Waals surface area (Å²) in [6.45, 7) is -0.268. The van der Waals surface area contributed by atoms with E-state index >= 15 is 0 Å². The van der Waals surface area contributed by atoms with Gasteiger partial charge in [0.1, 0.15) is 17.3 Å². The van der Waals surface area contributed by atoms with Crippen molar-refractivity contribution in [1.29, 1.82) is 0 Å². The molecule has 2 heterocycles. The fraction of sp³-hybridized carbons (Fsp3) is 0.211. The molecule has 0 N–H and O–H groups in total. The first-order chi connectivity index (χ1) is 12.9. The highest BCUT2D eigenvalue weighted by molar-refractivity contribution is 5.53. The molecule has 4 nitrogen and oxygen atoms in total. The van der Waals surface area contributed by atoms with Crippen molar-refractivity contribution in [3.63, 3.8) is 0 Å². The van der Waals surface area contributed by atoms with Gasteiger partial charge in [0.25, 0.3) is 0 Å². The van der Waals surface area contributed by atoms with Crippen LogP contribution in [0.5, 0.6) is 5.75 Å². The number of para-hydroxylation sites is 2. The van der Waals surface area contributed by atoms with Gasteiger partial charge < -0.3 is 9.64 Å². The second kappa shape index (κ2) is 6.61. The highest BCUT2D eigenvalue weighted by Crippen LogP contribution is 2.32. The minimum absolute atomic E-state index is 0.112. The molecule has 0 saturated carbocycles. The van der Waals surface area contributed by atoms with Crippen LogP contribution < -0.4 is 9.64 Å². The number of hydrogen-bond acceptors (Lipinski definition) is 3. The summed E-state index contributed by atoms with van der Waals surface area (Å²) in [5.74, 6) is -0.196. The average Bonchev–Trinajstić information content (AvgIpc) is 3.21. The van der Waals surface area contributed by atoms with E-state index in [0.29, 0.717) is 18.8 Å². The molecule has 0 atom stereocenters. The number of alkyl halides is 3. The van der Waals surface area contributed by atoms with Gasteiger partial charge >= 0.3 is 6.18 Å². The minimum atomic E-state index is -4.42. The molecule has 0 fully saturated rings. The summed E-state index contributed by atoms with van der Waals surface area (Å²) < 4.78 is 57.3. The number of halogens is 4. The second-order valence-corrected chi connectivity index (χ2v) is 6.23. The number of aromatic nitrogens is 2. The number of benzene rings is 2. The molecule has 2 aromatic carbocycles. The lowest BCUT2D eigenvalue weighted by Crippen LogP contribution is -2.20. The van der Waals surface area contributed by atoms with Gasteiger partial charge in [0.05, 0.1) is 18.4 Å². The highest BCUT2D eigenvalue weighted by atomic mass is 19.4. The number of fused-ring (bicyclic) bond motifs is 1. The molecule has 1 aliphatic heterocycles. The summed E-state index contributed by atoms with van der Waals surface area (Å²) in [5.41, 5.74) is 3.14. The van der Waals surface area contributed by atoms with Gasteiger partial charge in [-0.2, -0.15) is 18.3 Å². The first-order valence-corrected chi connectivity index (χ1v) is 8.26. The van der Waals surface area contributed by atoms with E-state index in [2.05, 4.69) is 5.10 Å². The summed E-state index contributed by atoms with van der Waals surface area (Å²) >= 11 is 0. The predicted molar refractivity (Wildman–Crippen MR) is 91.4 cm³/mol. The van der Waals surface area contributed by atoms with Crippen LogP contribution in [-0.2, 0) is 13.1 Å². The first-order valence-electron chi connectivity index (χ1n) is 8.26. The van der Waals surface area contributed by atoms with E-state index in [4.69, 9.17) is 4.74 Å². The van der Waals surface area contributed by atoms with Gasteiger partial charge in [-0.15, -0.1) is 0 Å². The molecule has 140 valence electrons. The van der Waals surface area contributed by atoms with Crippen molar-refractivity contribution in [2.75, 3.05) is 11.5 Å². The van der Waals surface area contributed by atoms with Gasteiger partial charge in [-0.05, 0) is 36.4 Å². The van der Waals surface area contributed by atoms with E-state index in [1.165, 1.54) is 18.2 Å². The number of anilines is 1. The van der Waals surface area contributed by atoms with Crippen LogP contribution in [0.3, 0.4) is 0 Å². The van der Waals surface area contributed by atoms with Crippen molar-refractivity contribution in [3.8, 4) is 11.4 Å². The summed E-state index contributed by atoms with van der Waals surface area (Å²) in [6.07, 6.45) is -2.72. The lowest BCUT2D eigenvalue weighted by Gasteiger charge is -2.19. The molecular weight excluding hydrogens is 362 g/mol. The molecule has 0 aliphatic carbocycles. The SMILES string of the molecule is Fc1ccc(N2Cc3cnn(-c4ccccc4OCC(F)(F)F)c3C2)cc1. The molecule has 3 aromatic rings. The number of ether oxygens (including phenoxy) is 1. The van der Waals surface area contributed by atoms with E-state index in [-0.39, 0.29) is 11.6 Å². The number of hydrogen-bond donors (Lipinski definition) is 0. The number of nitrogens with zero attached hydrogens (tertiary/aromatic N) is 3. The monoisotopic (exact) mass is 377 g/mol. The molecule has 0 unspecified atom stereocenters. The molecule has 8 heteroatoms. The highest BCUT2D eigenvalue weighted by Gasteiger charge is 2.30. The van der Waals surface area contributed by atoms with Gasteiger partial charge in [0.2, 0.25) is 0 Å². The normalized spacial score (nSPS) is 13.7. The van der Waals surface area contributed by atoms with Crippen LogP contribution in [0, 0.1) is 5.82 Å². The Morgan fingerprint density at radius 3 is 2.48 bits per heavy atom. The zero-order chi connectivity index (χ0) is 19.0. The fourth-order valence-electron chi connectivity index (χ4n) is 3.11. The lowest BCUT2D eigenvalue weighted by molar-refractivity contribution is -0.153. The zero-order valence-corrected chi connectivity index (χ0v) is 14.1. The van der Waals surface area contributed by atoms with Crippen molar-refractivity contribution in [1.82, 2.24) is 9.78 Å². The topological polar surface area (TPSA) is 30.3 Å². The second-order valence-electron chi connectivity index (χ2n) is 6.23. The van der Waals surface area contributed by atoms with Crippen LogP contribution in [0.15, 0.2) is 54.7 Å². The molecule has 1 aliphatic rings. The smallest absolute Gasteiger partial charge is 0.422 e. The predicted octanol–water partition coefficient (Wildman–Crippen LogP) is 4.47. The Hall–Kier alpha value is -3.03. The Bertz CT molecular complexity index is 950. The van der Waals surface area contributed by atoms with Crippen molar-refractivity contribution in [3.05, 3.63) is 71.8 Å². The van der Waals surface area contributed by atoms with E-state index in [0.717, 1.165) is 16.9 Å². The Labute approximate surface area is 152 Å². The van der Waals surface area contributed by atoms with Crippen LogP contribution in [0.4, 0.5) is 23.2 Å². The van der Waals surface area contributed by atoms with Crippen LogP contribution in [0.2, 0.25) is 0 Å². The van der Waals surface area contributed by atoms with E-state index in [1.807, 2.05) is 4.90 Å². The molecule has 27 heavy (non-hydrogen) atoms. The molecule has 0 saturated heterocycles. The fourth-order valence-corrected chi connectivity index (χ4v) is 3.11. The Kier molecular flexibility index (Phi) is 4.25. The molecule has 0 bridgehead atoms. The quantitative estimate of drug-likeness (QED) is 0.629. The summed E-state index contributed by atoms with van der Waals surface area (Å²) in [7, 11) is 0. The van der Waals surface area contributed by atoms with Gasteiger partial charge in [-0.1, -0.05) is 12.1 Å². The Morgan fingerprint density at radius 1 is 1.00 bits per heavy atom. The Morgan fingerprint density at radius 2 is 1.74 bits per heavy atom. The summed E-state index contributed by atoms with van der Waals surface area (Å²) in [4.78, 5) is 2.04. The average molecular weight is 377 g/mol. The maximum Gasteiger partial charge on any atom is 0.422 e. The van der Waals surface area contributed by atoms with Crippen molar-refractivity contribution >= 4 is 5.69 Å². The van der Waals surface area contributed by atoms with E-state index < -0.39 is 12.8 Å². The third kappa shape index (κ3) is 3.60. The molecule has 0 spiro atoms. The molecule has 0 radical (unpaired) electrons. The van der Waals surface area contributed by atoms with Crippen LogP contribution in [0.25, 0.3) is 5.69 Å². The molecular formula is C19H15F4N3O. The third-order valence-electron chi connectivity index (χ3n) is 4.33. The van der Waals surface area contributed by atoms with E-state index in [9.17, 15) is 17.6 Å². The van der Waals surface area contributed by atoms with Crippen LogP contribution >= 0.6 is 0 Å². The Balaban J connectivity index is 1.61. The molecule has 1 aromatic heterocycles. The van der Waals surface area contributed by atoms with Crippen molar-refractivity contribution < 1.29 is 22.3 Å². The van der Waals surface area contributed by atoms with Crippen molar-refractivity contribution in [2.45, 2.75) is 19.3 Å². The zero-order valence-electron chi connectivity index (χ0n) is 14.1. The maximum atomic E-state index is 13.1. The first kappa shape index (κ1) is 17.4. The van der Waals surface area contributed by atoms with Crippen LogP contribution in [-0.4, -0.2) is 22.6 Å². The van der Waals surface area contributed by atoms with Gasteiger partial charge in [0.15, 0.2) is 6.61 Å². The van der Waals surface area contributed by atoms with Gasteiger partial charge in [0, 0.05) is 17.8 Å². The van der Waals surface area contributed by atoms with Crippen molar-refractivity contribution in [2.24, 2.45) is 0 Å². The summed E-state index contributed by atoms with van der Waals surface area (Å²) in [6, 6.07) is 12.7. The summed E-state index contributed by atoms with van der Waals surface area (Å²) in [5, 5.41) is 4.32.